The van der Waals surface area contributed by atoms with Crippen LogP contribution >= 0.6 is 22.6 Å². The van der Waals surface area contributed by atoms with Crippen molar-refractivity contribution in [3.63, 3.8) is 0 Å². The zero-order chi connectivity index (χ0) is 10.8. The van der Waals surface area contributed by atoms with E-state index in [0.29, 0.717) is 9.39 Å². The third kappa shape index (κ3) is 2.05. The van der Waals surface area contributed by atoms with Gasteiger partial charge in [-0.25, -0.2) is 0 Å². The minimum absolute atomic E-state index is 0.574. The summed E-state index contributed by atoms with van der Waals surface area (Å²) in [6.07, 6.45) is 3.14. The third-order valence-corrected chi connectivity index (χ3v) is 3.04. The van der Waals surface area contributed by atoms with E-state index < -0.39 is 6.10 Å². The van der Waals surface area contributed by atoms with Gasteiger partial charge in [0.2, 0.25) is 0 Å². The Hall–Kier alpha value is -0.890. The van der Waals surface area contributed by atoms with Crippen LogP contribution < -0.4 is 0 Å². The van der Waals surface area contributed by atoms with Crippen LogP contribution in [0.4, 0.5) is 0 Å². The van der Waals surface area contributed by atoms with E-state index in [1.165, 1.54) is 0 Å². The summed E-state index contributed by atoms with van der Waals surface area (Å²) in [5.74, 6) is 0. The van der Waals surface area contributed by atoms with E-state index in [9.17, 15) is 5.11 Å². The van der Waals surface area contributed by atoms with Crippen LogP contribution in [0, 0.1) is 3.70 Å². The van der Waals surface area contributed by atoms with E-state index in [1.807, 2.05) is 45.6 Å². The maximum atomic E-state index is 10.0. The molecule has 0 radical (unpaired) electrons. The smallest absolute Gasteiger partial charge is 0.149 e. The van der Waals surface area contributed by atoms with Gasteiger partial charge in [-0.1, -0.05) is 0 Å². The highest BCUT2D eigenvalue weighted by Gasteiger charge is 2.18. The number of aryl methyl sites for hydroxylation is 1. The van der Waals surface area contributed by atoms with Crippen molar-refractivity contribution in [2.45, 2.75) is 19.6 Å². The number of aliphatic hydroxyl groups excluding tert-OH is 1. The quantitative estimate of drug-likeness (QED) is 0.839. The van der Waals surface area contributed by atoms with Gasteiger partial charge < -0.3 is 9.67 Å². The molecule has 1 atom stereocenters. The lowest BCUT2D eigenvalue weighted by atomic mass is 10.1. The Labute approximate surface area is 101 Å². The molecule has 1 unspecified atom stereocenters. The monoisotopic (exact) mass is 318 g/mol. The van der Waals surface area contributed by atoms with Crippen LogP contribution in [0.2, 0.25) is 0 Å². The first kappa shape index (κ1) is 10.6. The van der Waals surface area contributed by atoms with E-state index in [2.05, 4.69) is 22.3 Å². The van der Waals surface area contributed by atoms with E-state index >= 15 is 0 Å². The molecule has 0 bridgehead atoms. The Bertz CT molecular complexity index is 450. The summed E-state index contributed by atoms with van der Waals surface area (Å²) in [4.78, 5) is 0. The molecule has 0 saturated heterocycles. The Balaban J connectivity index is 2.28. The number of H-pyrrole nitrogens is 1. The number of nitrogens with one attached hydrogen (secondary N) is 1. The molecular weight excluding hydrogens is 307 g/mol. The topological polar surface area (TPSA) is 66.7 Å². The fourth-order valence-electron chi connectivity index (χ4n) is 1.38. The summed E-state index contributed by atoms with van der Waals surface area (Å²) in [6, 6.07) is 1.89. The number of aliphatic hydroxyl groups is 1. The van der Waals surface area contributed by atoms with Crippen molar-refractivity contribution in [1.82, 2.24) is 20.0 Å². The Kier molecular flexibility index (Phi) is 3.06. The van der Waals surface area contributed by atoms with Crippen LogP contribution in [-0.4, -0.2) is 25.1 Å². The predicted octanol–water partition coefficient (Wildman–Crippen LogP) is 1.31. The minimum atomic E-state index is -0.705. The van der Waals surface area contributed by atoms with Crippen LogP contribution in [0.15, 0.2) is 18.5 Å². The third-order valence-electron chi connectivity index (χ3n) is 2.24. The Morgan fingerprint density at radius 3 is 2.93 bits per heavy atom. The number of aromatic nitrogens is 4. The lowest BCUT2D eigenvalue weighted by molar-refractivity contribution is 0.214. The molecular formula is C9H11IN4O. The molecule has 2 N–H and O–H groups in total. The van der Waals surface area contributed by atoms with Gasteiger partial charge in [-0.15, -0.1) is 5.10 Å². The summed E-state index contributed by atoms with van der Waals surface area (Å²) in [5, 5.41) is 20.3. The van der Waals surface area contributed by atoms with Crippen LogP contribution in [0.3, 0.4) is 0 Å². The summed E-state index contributed by atoms with van der Waals surface area (Å²) >= 11 is 2.04. The highest BCUT2D eigenvalue weighted by atomic mass is 127. The number of rotatable bonds is 3. The molecule has 6 heteroatoms. The number of aromatic amines is 1. The lowest BCUT2D eigenvalue weighted by Crippen LogP contribution is -2.01. The summed E-state index contributed by atoms with van der Waals surface area (Å²) in [6.45, 7) is 2.94. The maximum Gasteiger partial charge on any atom is 0.149 e. The molecule has 80 valence electrons. The normalized spacial score (nSPS) is 13.0. The molecule has 0 aliphatic heterocycles. The first-order valence-corrected chi connectivity index (χ1v) is 5.70. The molecule has 2 rings (SSSR count). The fourth-order valence-corrected chi connectivity index (χ4v) is 1.90. The number of nitrogens with zero attached hydrogens (tertiary/aromatic N) is 3. The largest absolute Gasteiger partial charge is 0.382 e. The molecule has 2 aromatic rings. The van der Waals surface area contributed by atoms with Gasteiger partial charge in [0, 0.05) is 24.5 Å². The zero-order valence-electron chi connectivity index (χ0n) is 8.18. The fraction of sp³-hybridized carbons (Fsp3) is 0.333. The van der Waals surface area contributed by atoms with Crippen molar-refractivity contribution >= 4 is 22.6 Å². The zero-order valence-corrected chi connectivity index (χ0v) is 10.3. The molecule has 0 amide bonds. The van der Waals surface area contributed by atoms with Crippen LogP contribution in [-0.2, 0) is 6.54 Å². The van der Waals surface area contributed by atoms with Crippen molar-refractivity contribution < 1.29 is 5.11 Å². The molecule has 0 spiro atoms. The van der Waals surface area contributed by atoms with Gasteiger partial charge in [0.25, 0.3) is 0 Å². The number of hydrogen-bond donors (Lipinski definition) is 2. The van der Waals surface area contributed by atoms with E-state index in [0.717, 1.165) is 12.1 Å². The van der Waals surface area contributed by atoms with Gasteiger partial charge in [-0.05, 0) is 35.6 Å². The first-order valence-electron chi connectivity index (χ1n) is 4.62. The second-order valence-corrected chi connectivity index (χ2v) is 4.20. The molecule has 2 heterocycles. The van der Waals surface area contributed by atoms with Crippen molar-refractivity contribution in [3.05, 3.63) is 33.4 Å². The van der Waals surface area contributed by atoms with Gasteiger partial charge in [-0.3, -0.25) is 0 Å². The molecule has 0 aliphatic carbocycles. The van der Waals surface area contributed by atoms with Crippen LogP contribution in [0.25, 0.3) is 0 Å². The molecule has 0 saturated carbocycles. The number of hydrogen-bond acceptors (Lipinski definition) is 3. The highest BCUT2D eigenvalue weighted by Crippen LogP contribution is 2.22. The van der Waals surface area contributed by atoms with E-state index in [1.54, 1.807) is 0 Å². The Morgan fingerprint density at radius 1 is 1.60 bits per heavy atom. The second kappa shape index (κ2) is 4.31. The van der Waals surface area contributed by atoms with Crippen LogP contribution in [0.1, 0.15) is 24.3 Å². The average molecular weight is 318 g/mol. The predicted molar refractivity (Wildman–Crippen MR) is 63.3 cm³/mol. The van der Waals surface area contributed by atoms with Crippen molar-refractivity contribution in [1.29, 1.82) is 0 Å². The van der Waals surface area contributed by atoms with Gasteiger partial charge in [-0.2, -0.15) is 10.3 Å². The van der Waals surface area contributed by atoms with Crippen molar-refractivity contribution in [2.24, 2.45) is 0 Å². The molecule has 15 heavy (non-hydrogen) atoms. The standard InChI is InChI=1S/C9H11IN4O/c1-2-14-4-3-6(5-14)8(15)7-9(10)12-13-11-7/h3-5,8,15H,2H2,1H3,(H,11,12,13). The van der Waals surface area contributed by atoms with Gasteiger partial charge in [0.15, 0.2) is 0 Å². The molecule has 5 nitrogen and oxygen atoms in total. The van der Waals surface area contributed by atoms with E-state index in [4.69, 9.17) is 0 Å². The van der Waals surface area contributed by atoms with Crippen molar-refractivity contribution in [3.8, 4) is 0 Å². The summed E-state index contributed by atoms with van der Waals surface area (Å²) in [7, 11) is 0. The average Bonchev–Trinajstić information content (AvgIpc) is 2.84. The van der Waals surface area contributed by atoms with Gasteiger partial charge in [0.1, 0.15) is 15.5 Å². The van der Waals surface area contributed by atoms with Crippen LogP contribution in [0.5, 0.6) is 0 Å². The maximum absolute atomic E-state index is 10.0. The second-order valence-electron chi connectivity index (χ2n) is 3.18. The first-order chi connectivity index (χ1) is 7.22. The molecule has 0 aliphatic rings. The molecule has 2 aromatic heterocycles. The van der Waals surface area contributed by atoms with Gasteiger partial charge in [0.05, 0.1) is 0 Å². The number of halogens is 1. The van der Waals surface area contributed by atoms with Crippen molar-refractivity contribution in [2.75, 3.05) is 0 Å². The highest BCUT2D eigenvalue weighted by molar-refractivity contribution is 14.1. The summed E-state index contributed by atoms with van der Waals surface area (Å²) < 4.78 is 2.70. The minimum Gasteiger partial charge on any atom is -0.382 e. The SMILES string of the molecule is CCn1ccc(C(O)c2n[nH]nc2I)c1. The summed E-state index contributed by atoms with van der Waals surface area (Å²) in [5.41, 5.74) is 1.41. The molecule has 0 aromatic carbocycles. The Morgan fingerprint density at radius 2 is 2.40 bits per heavy atom. The lowest BCUT2D eigenvalue weighted by Gasteiger charge is -2.04. The van der Waals surface area contributed by atoms with Gasteiger partial charge >= 0.3 is 0 Å². The molecule has 0 fully saturated rings. The van der Waals surface area contributed by atoms with E-state index in [-0.39, 0.29) is 0 Å².